The van der Waals surface area contributed by atoms with Gasteiger partial charge in [-0.15, -0.1) is 5.10 Å². The minimum atomic E-state index is 0.388. The molecule has 6 heteroatoms. The molecular weight excluding hydrogens is 198 g/mol. The molecule has 0 spiro atoms. The van der Waals surface area contributed by atoms with Gasteiger partial charge in [0.1, 0.15) is 0 Å². The van der Waals surface area contributed by atoms with E-state index in [1.165, 1.54) is 0 Å². The molecule has 0 aliphatic rings. The topological polar surface area (TPSA) is 72.5 Å². The summed E-state index contributed by atoms with van der Waals surface area (Å²) in [7, 11) is 0. The molecule has 14 heavy (non-hydrogen) atoms. The molecule has 0 aromatic carbocycles. The Morgan fingerprint density at radius 2 is 2.43 bits per heavy atom. The molecule has 5 nitrogen and oxygen atoms in total. The SMILES string of the molecule is Nc1n[nH]c(=S)n1Cc1cccnc1. The summed E-state index contributed by atoms with van der Waals surface area (Å²) >= 11 is 5.02. The third-order valence-corrected chi connectivity index (χ3v) is 2.16. The fourth-order valence-corrected chi connectivity index (χ4v) is 1.36. The molecule has 0 fully saturated rings. The van der Waals surface area contributed by atoms with Crippen LogP contribution in [0.5, 0.6) is 0 Å². The van der Waals surface area contributed by atoms with Crippen LogP contribution in [0.3, 0.4) is 0 Å². The maximum absolute atomic E-state index is 5.62. The molecule has 0 saturated heterocycles. The van der Waals surface area contributed by atoms with Crippen molar-refractivity contribution in [3.63, 3.8) is 0 Å². The standard InChI is InChI=1S/C8H9N5S/c9-7-11-12-8(14)13(7)5-6-2-1-3-10-4-6/h1-4H,5H2,(H2,9,11)(H,12,14). The minimum Gasteiger partial charge on any atom is -0.368 e. The van der Waals surface area contributed by atoms with Gasteiger partial charge in [0, 0.05) is 12.4 Å². The lowest BCUT2D eigenvalue weighted by molar-refractivity contribution is 0.790. The number of pyridine rings is 1. The molecule has 3 N–H and O–H groups in total. The normalized spacial score (nSPS) is 10.3. The Morgan fingerprint density at radius 3 is 3.00 bits per heavy atom. The number of nitrogens with one attached hydrogen (secondary N) is 1. The molecule has 0 aliphatic heterocycles. The van der Waals surface area contributed by atoms with E-state index in [-0.39, 0.29) is 0 Å². The second kappa shape index (κ2) is 3.59. The number of H-pyrrole nitrogens is 1. The van der Waals surface area contributed by atoms with E-state index in [4.69, 9.17) is 18.0 Å². The van der Waals surface area contributed by atoms with Gasteiger partial charge in [-0.1, -0.05) is 6.07 Å². The molecule has 0 bridgehead atoms. The highest BCUT2D eigenvalue weighted by molar-refractivity contribution is 7.71. The van der Waals surface area contributed by atoms with Crippen LogP contribution in [0.25, 0.3) is 0 Å². The third-order valence-electron chi connectivity index (χ3n) is 1.85. The zero-order valence-corrected chi connectivity index (χ0v) is 8.16. The van der Waals surface area contributed by atoms with Gasteiger partial charge >= 0.3 is 0 Å². The first-order chi connectivity index (χ1) is 6.77. The number of nitrogens with two attached hydrogens (primary N) is 1. The van der Waals surface area contributed by atoms with Gasteiger partial charge in [-0.05, 0) is 23.8 Å². The van der Waals surface area contributed by atoms with Gasteiger partial charge in [0.15, 0.2) is 4.77 Å². The first-order valence-electron chi connectivity index (χ1n) is 4.07. The third kappa shape index (κ3) is 1.64. The number of nitrogens with zero attached hydrogens (tertiary/aromatic N) is 3. The van der Waals surface area contributed by atoms with Crippen LogP contribution in [0.4, 0.5) is 5.95 Å². The summed E-state index contributed by atoms with van der Waals surface area (Å²) in [5.74, 6) is 0.388. The molecule has 2 heterocycles. The van der Waals surface area contributed by atoms with E-state index in [9.17, 15) is 0 Å². The molecule has 2 rings (SSSR count). The fourth-order valence-electron chi connectivity index (χ4n) is 1.16. The number of aromatic nitrogens is 4. The molecule has 2 aromatic heterocycles. The number of aromatic amines is 1. The van der Waals surface area contributed by atoms with Gasteiger partial charge in [0.25, 0.3) is 0 Å². The van der Waals surface area contributed by atoms with Crippen molar-refractivity contribution in [2.45, 2.75) is 6.54 Å². The molecule has 2 aromatic rings. The van der Waals surface area contributed by atoms with E-state index < -0.39 is 0 Å². The summed E-state index contributed by atoms with van der Waals surface area (Å²) < 4.78 is 2.23. The van der Waals surface area contributed by atoms with Gasteiger partial charge in [0.05, 0.1) is 6.54 Å². The van der Waals surface area contributed by atoms with Crippen LogP contribution in [-0.2, 0) is 6.54 Å². The summed E-state index contributed by atoms with van der Waals surface area (Å²) in [6.45, 7) is 0.592. The predicted octanol–water partition coefficient (Wildman–Crippen LogP) is 0.966. The molecular formula is C8H9N5S. The van der Waals surface area contributed by atoms with Crippen molar-refractivity contribution in [3.8, 4) is 0 Å². The van der Waals surface area contributed by atoms with Crippen molar-refractivity contribution in [1.82, 2.24) is 19.7 Å². The van der Waals surface area contributed by atoms with Gasteiger partial charge in [0.2, 0.25) is 5.95 Å². The van der Waals surface area contributed by atoms with E-state index in [0.717, 1.165) is 5.56 Å². The maximum Gasteiger partial charge on any atom is 0.220 e. The zero-order valence-electron chi connectivity index (χ0n) is 7.34. The van der Waals surface area contributed by atoms with Gasteiger partial charge in [-0.2, -0.15) is 0 Å². The Bertz CT molecular complexity index is 472. The maximum atomic E-state index is 5.62. The van der Waals surface area contributed by atoms with Gasteiger partial charge in [-0.25, -0.2) is 5.10 Å². The van der Waals surface area contributed by atoms with Gasteiger partial charge < -0.3 is 5.73 Å². The number of anilines is 1. The monoisotopic (exact) mass is 207 g/mol. The fraction of sp³-hybridized carbons (Fsp3) is 0.125. The van der Waals surface area contributed by atoms with Gasteiger partial charge in [-0.3, -0.25) is 9.55 Å². The lowest BCUT2D eigenvalue weighted by Gasteiger charge is -2.02. The van der Waals surface area contributed by atoms with Crippen LogP contribution < -0.4 is 5.73 Å². The number of nitrogen functional groups attached to an aromatic ring is 1. The quantitative estimate of drug-likeness (QED) is 0.720. The molecule has 0 atom stereocenters. The zero-order chi connectivity index (χ0) is 9.97. The second-order valence-electron chi connectivity index (χ2n) is 2.83. The Balaban J connectivity index is 2.32. The van der Waals surface area contributed by atoms with Crippen molar-refractivity contribution in [1.29, 1.82) is 0 Å². The summed E-state index contributed by atoms with van der Waals surface area (Å²) in [6, 6.07) is 3.83. The lowest BCUT2D eigenvalue weighted by atomic mass is 10.3. The lowest BCUT2D eigenvalue weighted by Crippen LogP contribution is -2.04. The van der Waals surface area contributed by atoms with Crippen LogP contribution in [0, 0.1) is 4.77 Å². The van der Waals surface area contributed by atoms with Crippen molar-refractivity contribution in [3.05, 3.63) is 34.9 Å². The van der Waals surface area contributed by atoms with E-state index in [2.05, 4.69) is 15.2 Å². The van der Waals surface area contributed by atoms with Crippen LogP contribution in [0.2, 0.25) is 0 Å². The summed E-state index contributed by atoms with van der Waals surface area (Å²) in [5, 5.41) is 6.44. The summed E-state index contributed by atoms with van der Waals surface area (Å²) in [4.78, 5) is 4.01. The first-order valence-corrected chi connectivity index (χ1v) is 4.48. The first kappa shape index (κ1) is 8.89. The average Bonchev–Trinajstić information content (AvgIpc) is 2.51. The number of hydrogen-bond acceptors (Lipinski definition) is 4. The Hall–Kier alpha value is -1.69. The molecule has 0 aliphatic carbocycles. The number of hydrogen-bond donors (Lipinski definition) is 2. The largest absolute Gasteiger partial charge is 0.368 e. The van der Waals surface area contributed by atoms with Crippen LogP contribution in [0.15, 0.2) is 24.5 Å². The van der Waals surface area contributed by atoms with E-state index in [1.54, 1.807) is 17.0 Å². The Morgan fingerprint density at radius 1 is 1.57 bits per heavy atom. The van der Waals surface area contributed by atoms with E-state index >= 15 is 0 Å². The van der Waals surface area contributed by atoms with Crippen LogP contribution >= 0.6 is 12.2 Å². The highest BCUT2D eigenvalue weighted by atomic mass is 32.1. The van der Waals surface area contributed by atoms with Crippen molar-refractivity contribution >= 4 is 18.2 Å². The Labute approximate surface area is 85.6 Å². The van der Waals surface area contributed by atoms with Crippen molar-refractivity contribution in [2.24, 2.45) is 0 Å². The minimum absolute atomic E-state index is 0.388. The molecule has 0 amide bonds. The van der Waals surface area contributed by atoms with Crippen LogP contribution in [-0.4, -0.2) is 19.7 Å². The van der Waals surface area contributed by atoms with E-state index in [0.29, 0.717) is 17.3 Å². The highest BCUT2D eigenvalue weighted by Crippen LogP contribution is 2.04. The molecule has 0 radical (unpaired) electrons. The average molecular weight is 207 g/mol. The van der Waals surface area contributed by atoms with Crippen molar-refractivity contribution < 1.29 is 0 Å². The molecule has 0 unspecified atom stereocenters. The highest BCUT2D eigenvalue weighted by Gasteiger charge is 2.01. The number of rotatable bonds is 2. The van der Waals surface area contributed by atoms with Crippen molar-refractivity contribution in [2.75, 3.05) is 5.73 Å². The predicted molar refractivity (Wildman–Crippen MR) is 55.2 cm³/mol. The van der Waals surface area contributed by atoms with Crippen LogP contribution in [0.1, 0.15) is 5.56 Å². The smallest absolute Gasteiger partial charge is 0.220 e. The molecule has 0 saturated carbocycles. The second-order valence-corrected chi connectivity index (χ2v) is 3.22. The molecule has 72 valence electrons. The summed E-state index contributed by atoms with van der Waals surface area (Å²) in [6.07, 6.45) is 3.50. The van der Waals surface area contributed by atoms with E-state index in [1.807, 2.05) is 12.1 Å². The summed E-state index contributed by atoms with van der Waals surface area (Å²) in [5.41, 5.74) is 6.66. The Kier molecular flexibility index (Phi) is 2.28.